The van der Waals surface area contributed by atoms with Gasteiger partial charge in [0.1, 0.15) is 5.75 Å². The van der Waals surface area contributed by atoms with Crippen molar-refractivity contribution in [1.82, 2.24) is 0 Å². The van der Waals surface area contributed by atoms with E-state index in [1.807, 2.05) is 18.2 Å². The molecule has 0 amide bonds. The highest BCUT2D eigenvalue weighted by atomic mass is 16.3. The molecule has 0 aliphatic rings. The highest BCUT2D eigenvalue weighted by molar-refractivity contribution is 5.32. The Hall–Kier alpha value is -1.02. The minimum atomic E-state index is 0.171. The van der Waals surface area contributed by atoms with Crippen molar-refractivity contribution in [2.24, 2.45) is 5.73 Å². The highest BCUT2D eigenvalue weighted by Crippen LogP contribution is 2.18. The molecule has 0 saturated carbocycles. The first-order valence-corrected chi connectivity index (χ1v) is 6.76. The van der Waals surface area contributed by atoms with Gasteiger partial charge in [-0.05, 0) is 24.5 Å². The summed E-state index contributed by atoms with van der Waals surface area (Å²) < 4.78 is 0. The van der Waals surface area contributed by atoms with E-state index in [-0.39, 0.29) is 6.04 Å². The molecule has 0 heterocycles. The van der Waals surface area contributed by atoms with E-state index < -0.39 is 0 Å². The van der Waals surface area contributed by atoms with E-state index in [4.69, 9.17) is 5.73 Å². The van der Waals surface area contributed by atoms with Crippen LogP contribution in [0.25, 0.3) is 0 Å². The zero-order valence-electron chi connectivity index (χ0n) is 10.9. The molecule has 2 nitrogen and oxygen atoms in total. The fourth-order valence-corrected chi connectivity index (χ4v) is 2.08. The number of aromatic hydroxyl groups is 1. The maximum absolute atomic E-state index is 9.65. The van der Waals surface area contributed by atoms with Crippen LogP contribution < -0.4 is 5.73 Å². The van der Waals surface area contributed by atoms with Gasteiger partial charge in [0.25, 0.3) is 0 Å². The van der Waals surface area contributed by atoms with Gasteiger partial charge in [-0.1, -0.05) is 57.2 Å². The van der Waals surface area contributed by atoms with Gasteiger partial charge in [-0.3, -0.25) is 0 Å². The first kappa shape index (κ1) is 14.0. The second kappa shape index (κ2) is 8.13. The Morgan fingerprint density at radius 1 is 1.12 bits per heavy atom. The van der Waals surface area contributed by atoms with Gasteiger partial charge in [0.15, 0.2) is 0 Å². The molecule has 0 saturated heterocycles. The molecule has 0 bridgehead atoms. The number of para-hydroxylation sites is 1. The molecule has 0 aliphatic carbocycles. The summed E-state index contributed by atoms with van der Waals surface area (Å²) in [7, 11) is 0. The van der Waals surface area contributed by atoms with Crippen LogP contribution in [-0.4, -0.2) is 11.1 Å². The molecule has 3 N–H and O–H groups in total. The van der Waals surface area contributed by atoms with Crippen LogP contribution in [0.4, 0.5) is 0 Å². The molecule has 0 radical (unpaired) electrons. The zero-order valence-corrected chi connectivity index (χ0v) is 10.9. The average molecular weight is 235 g/mol. The van der Waals surface area contributed by atoms with Crippen LogP contribution in [-0.2, 0) is 6.42 Å². The monoisotopic (exact) mass is 235 g/mol. The summed E-state index contributed by atoms with van der Waals surface area (Å²) in [6.07, 6.45) is 8.24. The van der Waals surface area contributed by atoms with Crippen molar-refractivity contribution >= 4 is 0 Å². The fourth-order valence-electron chi connectivity index (χ4n) is 2.08. The van der Waals surface area contributed by atoms with Crippen molar-refractivity contribution in [2.45, 2.75) is 57.9 Å². The van der Waals surface area contributed by atoms with E-state index in [1.165, 1.54) is 32.1 Å². The number of unbranched alkanes of at least 4 members (excludes halogenated alkanes) is 4. The van der Waals surface area contributed by atoms with E-state index in [0.717, 1.165) is 18.4 Å². The van der Waals surface area contributed by atoms with E-state index >= 15 is 0 Å². The maximum atomic E-state index is 9.65. The van der Waals surface area contributed by atoms with Gasteiger partial charge < -0.3 is 10.8 Å². The lowest BCUT2D eigenvalue weighted by Crippen LogP contribution is -2.22. The summed E-state index contributed by atoms with van der Waals surface area (Å²) in [6.45, 7) is 2.23. The molecule has 1 aromatic rings. The molecule has 1 aromatic carbocycles. The molecule has 96 valence electrons. The van der Waals surface area contributed by atoms with Gasteiger partial charge in [-0.15, -0.1) is 0 Å². The van der Waals surface area contributed by atoms with Crippen molar-refractivity contribution in [3.63, 3.8) is 0 Å². The number of benzene rings is 1. The predicted molar refractivity (Wildman–Crippen MR) is 73.2 cm³/mol. The van der Waals surface area contributed by atoms with Crippen LogP contribution >= 0.6 is 0 Å². The number of phenolic OH excluding ortho intramolecular Hbond substituents is 1. The van der Waals surface area contributed by atoms with E-state index in [2.05, 4.69) is 6.92 Å². The first-order chi connectivity index (χ1) is 8.24. The largest absolute Gasteiger partial charge is 0.508 e. The third kappa shape index (κ3) is 5.73. The molecule has 1 unspecified atom stereocenters. The number of hydrogen-bond donors (Lipinski definition) is 2. The van der Waals surface area contributed by atoms with Gasteiger partial charge in [0.2, 0.25) is 0 Å². The molecule has 2 heteroatoms. The number of phenols is 1. The first-order valence-electron chi connectivity index (χ1n) is 6.76. The van der Waals surface area contributed by atoms with Crippen molar-refractivity contribution in [3.05, 3.63) is 29.8 Å². The summed E-state index contributed by atoms with van der Waals surface area (Å²) in [5.41, 5.74) is 7.04. The van der Waals surface area contributed by atoms with E-state index in [0.29, 0.717) is 5.75 Å². The standard InChI is InChI=1S/C15H25NO/c1-2-3-4-5-6-10-14(16)12-13-9-7-8-11-15(13)17/h7-9,11,14,17H,2-6,10,12,16H2,1H3. The van der Waals surface area contributed by atoms with Crippen LogP contribution in [0.1, 0.15) is 51.0 Å². The number of hydrogen-bond acceptors (Lipinski definition) is 2. The SMILES string of the molecule is CCCCCCCC(N)Cc1ccccc1O. The molecule has 0 aromatic heterocycles. The molecule has 0 fully saturated rings. The highest BCUT2D eigenvalue weighted by Gasteiger charge is 2.06. The summed E-state index contributed by atoms with van der Waals surface area (Å²) in [5, 5.41) is 9.65. The summed E-state index contributed by atoms with van der Waals surface area (Å²) in [6, 6.07) is 7.64. The third-order valence-electron chi connectivity index (χ3n) is 3.15. The smallest absolute Gasteiger partial charge is 0.118 e. The summed E-state index contributed by atoms with van der Waals surface area (Å²) in [4.78, 5) is 0. The van der Waals surface area contributed by atoms with Crippen molar-refractivity contribution in [2.75, 3.05) is 0 Å². The van der Waals surface area contributed by atoms with Gasteiger partial charge in [0, 0.05) is 6.04 Å². The van der Waals surface area contributed by atoms with Crippen molar-refractivity contribution in [3.8, 4) is 5.75 Å². The lowest BCUT2D eigenvalue weighted by Gasteiger charge is -2.12. The molecular weight excluding hydrogens is 210 g/mol. The predicted octanol–water partition coefficient (Wildman–Crippen LogP) is 3.62. The maximum Gasteiger partial charge on any atom is 0.118 e. The van der Waals surface area contributed by atoms with E-state index in [9.17, 15) is 5.11 Å². The normalized spacial score (nSPS) is 12.6. The van der Waals surface area contributed by atoms with Crippen LogP contribution in [0, 0.1) is 0 Å². The van der Waals surface area contributed by atoms with Gasteiger partial charge in [-0.25, -0.2) is 0 Å². The van der Waals surface area contributed by atoms with Crippen LogP contribution in [0.2, 0.25) is 0 Å². The lowest BCUT2D eigenvalue weighted by molar-refractivity contribution is 0.460. The second-order valence-corrected chi connectivity index (χ2v) is 4.80. The van der Waals surface area contributed by atoms with E-state index in [1.54, 1.807) is 6.07 Å². The topological polar surface area (TPSA) is 46.2 Å². The van der Waals surface area contributed by atoms with Crippen molar-refractivity contribution in [1.29, 1.82) is 0 Å². The van der Waals surface area contributed by atoms with Gasteiger partial charge >= 0.3 is 0 Å². The van der Waals surface area contributed by atoms with Gasteiger partial charge in [0.05, 0.1) is 0 Å². The zero-order chi connectivity index (χ0) is 12.5. The minimum absolute atomic E-state index is 0.171. The Labute approximate surface area is 105 Å². The quantitative estimate of drug-likeness (QED) is 0.676. The molecule has 1 rings (SSSR count). The van der Waals surface area contributed by atoms with Gasteiger partial charge in [-0.2, -0.15) is 0 Å². The van der Waals surface area contributed by atoms with Crippen molar-refractivity contribution < 1.29 is 5.11 Å². The molecule has 0 aliphatic heterocycles. The van der Waals surface area contributed by atoms with Crippen LogP contribution in [0.5, 0.6) is 5.75 Å². The Morgan fingerprint density at radius 3 is 2.53 bits per heavy atom. The minimum Gasteiger partial charge on any atom is -0.508 e. The fraction of sp³-hybridized carbons (Fsp3) is 0.600. The Morgan fingerprint density at radius 2 is 1.82 bits per heavy atom. The second-order valence-electron chi connectivity index (χ2n) is 4.80. The number of rotatable bonds is 8. The molecular formula is C15H25NO. The van der Waals surface area contributed by atoms with Crippen LogP contribution in [0.3, 0.4) is 0 Å². The molecule has 0 spiro atoms. The molecule has 17 heavy (non-hydrogen) atoms. The average Bonchev–Trinajstić information content (AvgIpc) is 2.32. The third-order valence-corrected chi connectivity index (χ3v) is 3.15. The number of nitrogens with two attached hydrogens (primary N) is 1. The van der Waals surface area contributed by atoms with Crippen LogP contribution in [0.15, 0.2) is 24.3 Å². The Bertz CT molecular complexity index is 312. The summed E-state index contributed by atoms with van der Waals surface area (Å²) >= 11 is 0. The Balaban J connectivity index is 2.21. The Kier molecular flexibility index (Phi) is 6.71. The molecule has 1 atom stereocenters. The summed E-state index contributed by atoms with van der Waals surface area (Å²) in [5.74, 6) is 0.369. The lowest BCUT2D eigenvalue weighted by atomic mass is 10.00.